The normalized spacial score (nSPS) is 8.08. The third-order valence-electron chi connectivity index (χ3n) is 0.964. The molecule has 0 saturated heterocycles. The summed E-state index contributed by atoms with van der Waals surface area (Å²) in [7, 11) is 1.25. The van der Waals surface area contributed by atoms with Gasteiger partial charge in [0.1, 0.15) is 13.2 Å². The van der Waals surface area contributed by atoms with Gasteiger partial charge in [-0.25, -0.2) is 4.79 Å². The van der Waals surface area contributed by atoms with Crippen LogP contribution in [0.15, 0.2) is 0 Å². The second kappa shape index (κ2) is 8.56. The van der Waals surface area contributed by atoms with Crippen LogP contribution in [0.3, 0.4) is 0 Å². The van der Waals surface area contributed by atoms with Crippen molar-refractivity contribution in [1.29, 1.82) is 0 Å². The van der Waals surface area contributed by atoms with E-state index in [0.29, 0.717) is 6.47 Å². The summed E-state index contributed by atoms with van der Waals surface area (Å²) >= 11 is 0. The van der Waals surface area contributed by atoms with Gasteiger partial charge in [0.2, 0.25) is 0 Å². The molecule has 0 unspecified atom stereocenters. The van der Waals surface area contributed by atoms with Crippen LogP contribution in [0, 0.1) is 11.8 Å². The summed E-state index contributed by atoms with van der Waals surface area (Å²) in [5.74, 6) is 4.00. The van der Waals surface area contributed by atoms with Crippen LogP contribution in [-0.4, -0.2) is 39.4 Å². The standard InChI is InChI=1S/C8H10O5/c1-11-8(10)3-2-4-12-5-6-13-7-9/h7H,4-6H2,1H3. The Labute approximate surface area is 76.0 Å². The largest absolute Gasteiger partial charge is 0.465 e. The molecule has 13 heavy (non-hydrogen) atoms. The van der Waals surface area contributed by atoms with Crippen LogP contribution in [0.2, 0.25) is 0 Å². The molecule has 0 aromatic heterocycles. The van der Waals surface area contributed by atoms with Gasteiger partial charge in [0.25, 0.3) is 6.47 Å². The lowest BCUT2D eigenvalue weighted by molar-refractivity contribution is -0.133. The fourth-order valence-corrected chi connectivity index (χ4v) is 0.438. The molecule has 0 aliphatic heterocycles. The van der Waals surface area contributed by atoms with E-state index in [1.807, 2.05) is 0 Å². The van der Waals surface area contributed by atoms with Gasteiger partial charge >= 0.3 is 5.97 Å². The van der Waals surface area contributed by atoms with Gasteiger partial charge in [-0.05, 0) is 0 Å². The SMILES string of the molecule is COC(=O)C#CCOCCOC=O. The Morgan fingerprint density at radius 3 is 2.85 bits per heavy atom. The predicted octanol–water partition coefficient (Wildman–Crippen LogP) is -0.648. The number of carbonyl (C=O) groups excluding carboxylic acids is 2. The molecular weight excluding hydrogens is 176 g/mol. The minimum Gasteiger partial charge on any atom is -0.465 e. The molecule has 0 N–H and O–H groups in total. The van der Waals surface area contributed by atoms with E-state index < -0.39 is 5.97 Å². The molecular formula is C8H10O5. The van der Waals surface area contributed by atoms with Crippen molar-refractivity contribution in [2.24, 2.45) is 0 Å². The van der Waals surface area contributed by atoms with Crippen LogP contribution in [0.25, 0.3) is 0 Å². The van der Waals surface area contributed by atoms with E-state index in [9.17, 15) is 9.59 Å². The maximum absolute atomic E-state index is 10.4. The minimum atomic E-state index is -0.604. The Hall–Kier alpha value is -1.54. The molecule has 5 heteroatoms. The van der Waals surface area contributed by atoms with Crippen molar-refractivity contribution in [3.63, 3.8) is 0 Å². The topological polar surface area (TPSA) is 61.8 Å². The monoisotopic (exact) mass is 186 g/mol. The molecule has 0 rings (SSSR count). The molecule has 0 radical (unpaired) electrons. The molecule has 5 nitrogen and oxygen atoms in total. The van der Waals surface area contributed by atoms with Gasteiger partial charge in [-0.1, -0.05) is 5.92 Å². The summed E-state index contributed by atoms with van der Waals surface area (Å²) in [6.45, 7) is 0.888. The Balaban J connectivity index is 3.27. The summed E-state index contributed by atoms with van der Waals surface area (Å²) in [6, 6.07) is 0. The van der Waals surface area contributed by atoms with Crippen molar-refractivity contribution in [2.75, 3.05) is 26.9 Å². The maximum Gasteiger partial charge on any atom is 0.384 e. The first kappa shape index (κ1) is 11.5. The number of rotatable bonds is 5. The van der Waals surface area contributed by atoms with Crippen molar-refractivity contribution in [3.8, 4) is 11.8 Å². The highest BCUT2D eigenvalue weighted by Crippen LogP contribution is 1.75. The summed E-state index contributed by atoms with van der Waals surface area (Å²) in [5.41, 5.74) is 0. The lowest BCUT2D eigenvalue weighted by atomic mass is 10.6. The van der Waals surface area contributed by atoms with Crippen molar-refractivity contribution < 1.29 is 23.8 Å². The van der Waals surface area contributed by atoms with Gasteiger partial charge < -0.3 is 14.2 Å². The van der Waals surface area contributed by atoms with Crippen LogP contribution >= 0.6 is 0 Å². The number of esters is 1. The van der Waals surface area contributed by atoms with E-state index >= 15 is 0 Å². The lowest BCUT2D eigenvalue weighted by Gasteiger charge is -1.96. The zero-order valence-corrected chi connectivity index (χ0v) is 7.24. The van der Waals surface area contributed by atoms with Gasteiger partial charge in [-0.3, -0.25) is 4.79 Å². The molecule has 0 amide bonds. The zero-order chi connectivity index (χ0) is 9.94. The molecule has 0 spiro atoms. The third-order valence-corrected chi connectivity index (χ3v) is 0.964. The van der Waals surface area contributed by atoms with E-state index in [-0.39, 0.29) is 19.8 Å². The second-order valence-corrected chi connectivity index (χ2v) is 1.81. The van der Waals surface area contributed by atoms with Gasteiger partial charge in [0.15, 0.2) is 0 Å². The molecule has 72 valence electrons. The number of methoxy groups -OCH3 is 1. The van der Waals surface area contributed by atoms with Crippen LogP contribution in [0.1, 0.15) is 0 Å². The smallest absolute Gasteiger partial charge is 0.384 e. The highest BCUT2D eigenvalue weighted by molar-refractivity contribution is 5.88. The summed E-state index contributed by atoms with van der Waals surface area (Å²) in [6.07, 6.45) is 0. The highest BCUT2D eigenvalue weighted by Gasteiger charge is 1.88. The van der Waals surface area contributed by atoms with Gasteiger partial charge in [0.05, 0.1) is 13.7 Å². The zero-order valence-electron chi connectivity index (χ0n) is 7.24. The highest BCUT2D eigenvalue weighted by atomic mass is 16.5. The molecule has 0 heterocycles. The molecule has 0 bridgehead atoms. The Bertz CT molecular complexity index is 212. The lowest BCUT2D eigenvalue weighted by Crippen LogP contribution is -2.03. The van der Waals surface area contributed by atoms with Gasteiger partial charge in [0, 0.05) is 5.92 Å². The average molecular weight is 186 g/mol. The first-order chi connectivity index (χ1) is 6.31. The molecule has 0 aromatic carbocycles. The van der Waals surface area contributed by atoms with Crippen LogP contribution in [0.4, 0.5) is 0 Å². The fourth-order valence-electron chi connectivity index (χ4n) is 0.438. The molecule has 0 aliphatic carbocycles. The van der Waals surface area contributed by atoms with E-state index in [1.54, 1.807) is 0 Å². The number of hydrogen-bond donors (Lipinski definition) is 0. The summed E-state index contributed by atoms with van der Waals surface area (Å²) < 4.78 is 13.5. The first-order valence-electron chi connectivity index (χ1n) is 3.51. The van der Waals surface area contributed by atoms with Crippen LogP contribution in [0.5, 0.6) is 0 Å². The predicted molar refractivity (Wildman–Crippen MR) is 42.6 cm³/mol. The number of ether oxygens (including phenoxy) is 3. The molecule has 0 saturated carbocycles. The first-order valence-corrected chi connectivity index (χ1v) is 3.51. The van der Waals surface area contributed by atoms with E-state index in [0.717, 1.165) is 0 Å². The van der Waals surface area contributed by atoms with Crippen molar-refractivity contribution >= 4 is 12.4 Å². The quantitative estimate of drug-likeness (QED) is 0.188. The fraction of sp³-hybridized carbons (Fsp3) is 0.500. The third kappa shape index (κ3) is 8.37. The Morgan fingerprint density at radius 1 is 1.46 bits per heavy atom. The number of hydrogen-bond acceptors (Lipinski definition) is 5. The summed E-state index contributed by atoms with van der Waals surface area (Å²) in [4.78, 5) is 20.1. The van der Waals surface area contributed by atoms with Crippen molar-refractivity contribution in [1.82, 2.24) is 0 Å². The Morgan fingerprint density at radius 2 is 2.23 bits per heavy atom. The van der Waals surface area contributed by atoms with E-state index in [2.05, 4.69) is 21.3 Å². The van der Waals surface area contributed by atoms with Crippen molar-refractivity contribution in [3.05, 3.63) is 0 Å². The van der Waals surface area contributed by atoms with Gasteiger partial charge in [-0.2, -0.15) is 0 Å². The van der Waals surface area contributed by atoms with Crippen molar-refractivity contribution in [2.45, 2.75) is 0 Å². The van der Waals surface area contributed by atoms with E-state index in [1.165, 1.54) is 7.11 Å². The molecule has 0 atom stereocenters. The van der Waals surface area contributed by atoms with Crippen LogP contribution in [-0.2, 0) is 23.8 Å². The molecule has 0 aliphatic rings. The average Bonchev–Trinajstić information content (AvgIpc) is 2.16. The number of carbonyl (C=O) groups is 2. The maximum atomic E-state index is 10.4. The van der Waals surface area contributed by atoms with Crippen LogP contribution < -0.4 is 0 Å². The Kier molecular flexibility index (Phi) is 7.54. The minimum absolute atomic E-state index is 0.108. The summed E-state index contributed by atoms with van der Waals surface area (Å²) in [5, 5.41) is 0. The molecule has 0 aromatic rings. The molecule has 0 fully saturated rings. The van der Waals surface area contributed by atoms with Gasteiger partial charge in [-0.15, -0.1) is 0 Å². The second-order valence-electron chi connectivity index (χ2n) is 1.81. The van der Waals surface area contributed by atoms with E-state index in [4.69, 9.17) is 4.74 Å².